The Balaban J connectivity index is 2.64. The molecule has 0 unspecified atom stereocenters. The Morgan fingerprint density at radius 1 is 1.40 bits per heavy atom. The molecule has 0 aliphatic carbocycles. The molecule has 0 aliphatic heterocycles. The molecule has 0 fully saturated rings. The van der Waals surface area contributed by atoms with Crippen molar-refractivity contribution in [1.29, 1.82) is 0 Å². The summed E-state index contributed by atoms with van der Waals surface area (Å²) in [4.78, 5) is 11.5. The fraction of sp³-hybridized carbons (Fsp3) is 0.125. The van der Waals surface area contributed by atoms with Crippen LogP contribution in [0.3, 0.4) is 0 Å². The van der Waals surface area contributed by atoms with Crippen molar-refractivity contribution in [2.75, 3.05) is 0 Å². The summed E-state index contributed by atoms with van der Waals surface area (Å²) in [5.41, 5.74) is 0.0665. The van der Waals surface area contributed by atoms with Crippen molar-refractivity contribution in [2.45, 2.75) is 0 Å². The molecule has 0 saturated heterocycles. The molecule has 0 amide bonds. The van der Waals surface area contributed by atoms with E-state index in [0.29, 0.717) is 10.2 Å². The average molecular weight is 273 g/mol. The highest BCUT2D eigenvalue weighted by atomic mass is 79.9. The van der Waals surface area contributed by atoms with Gasteiger partial charge in [0.25, 0.3) is 0 Å². The summed E-state index contributed by atoms with van der Waals surface area (Å²) in [5, 5.41) is 7.20. The average Bonchev–Trinajstić information content (AvgIpc) is 2.49. The number of hydrogen-bond acceptors (Lipinski definition) is 3. The monoisotopic (exact) mass is 272 g/mol. The second-order valence-electron chi connectivity index (χ2n) is 2.89. The van der Waals surface area contributed by atoms with Crippen molar-refractivity contribution in [1.82, 2.24) is 19.8 Å². The highest BCUT2D eigenvalue weighted by molar-refractivity contribution is 9.10. The third kappa shape index (κ3) is 1.70. The van der Waals surface area contributed by atoms with E-state index in [0.717, 1.165) is 9.36 Å². The fourth-order valence-electron chi connectivity index (χ4n) is 1.12. The maximum atomic E-state index is 12.8. The van der Waals surface area contributed by atoms with Gasteiger partial charge in [0.15, 0.2) is 0 Å². The number of nitrogens with zero attached hydrogens (tertiary/aromatic N) is 4. The minimum absolute atomic E-state index is 0.387. The molecule has 0 bridgehead atoms. The van der Waals surface area contributed by atoms with Gasteiger partial charge in [-0.1, -0.05) is 0 Å². The van der Waals surface area contributed by atoms with E-state index in [1.54, 1.807) is 0 Å². The van der Waals surface area contributed by atoms with Gasteiger partial charge >= 0.3 is 5.69 Å². The van der Waals surface area contributed by atoms with E-state index in [1.807, 2.05) is 0 Å². The van der Waals surface area contributed by atoms with Crippen LogP contribution in [0, 0.1) is 5.82 Å². The summed E-state index contributed by atoms with van der Waals surface area (Å²) < 4.78 is 15.4. The Bertz CT molecular complexity index is 562. The van der Waals surface area contributed by atoms with E-state index in [-0.39, 0.29) is 11.5 Å². The number of benzene rings is 1. The van der Waals surface area contributed by atoms with E-state index < -0.39 is 0 Å². The van der Waals surface area contributed by atoms with Gasteiger partial charge in [-0.3, -0.25) is 0 Å². The SMILES string of the molecule is Cn1nnn(-c2ccc(F)cc2Br)c1=O. The van der Waals surface area contributed by atoms with E-state index in [1.165, 1.54) is 25.2 Å². The molecule has 1 aromatic heterocycles. The Kier molecular flexibility index (Phi) is 2.39. The van der Waals surface area contributed by atoms with Crippen LogP contribution in [0.5, 0.6) is 0 Å². The second-order valence-corrected chi connectivity index (χ2v) is 3.75. The molecule has 0 aliphatic rings. The van der Waals surface area contributed by atoms with Crippen molar-refractivity contribution in [3.05, 3.63) is 39.0 Å². The van der Waals surface area contributed by atoms with Gasteiger partial charge in [-0.25, -0.2) is 9.18 Å². The molecule has 15 heavy (non-hydrogen) atoms. The lowest BCUT2D eigenvalue weighted by atomic mass is 10.3. The molecule has 2 aromatic rings. The van der Waals surface area contributed by atoms with E-state index in [9.17, 15) is 9.18 Å². The van der Waals surface area contributed by atoms with Crippen molar-refractivity contribution in [2.24, 2.45) is 7.05 Å². The molecule has 0 spiro atoms. The first-order valence-electron chi connectivity index (χ1n) is 4.04. The molecule has 1 aromatic carbocycles. The lowest BCUT2D eigenvalue weighted by molar-refractivity contribution is 0.625. The summed E-state index contributed by atoms with van der Waals surface area (Å²) in [6, 6.07) is 3.97. The van der Waals surface area contributed by atoms with Crippen LogP contribution >= 0.6 is 15.9 Å². The number of aromatic nitrogens is 4. The van der Waals surface area contributed by atoms with Gasteiger partial charge in [0.05, 0.1) is 5.69 Å². The largest absolute Gasteiger partial charge is 0.368 e. The molecule has 0 atom stereocenters. The van der Waals surface area contributed by atoms with Gasteiger partial charge in [0, 0.05) is 11.5 Å². The highest BCUT2D eigenvalue weighted by Gasteiger charge is 2.09. The Labute approximate surface area is 92.2 Å². The summed E-state index contributed by atoms with van der Waals surface area (Å²) in [6.45, 7) is 0. The minimum atomic E-state index is -0.387. The molecular weight excluding hydrogens is 267 g/mol. The maximum Gasteiger partial charge on any atom is 0.368 e. The maximum absolute atomic E-state index is 12.8. The number of rotatable bonds is 1. The van der Waals surface area contributed by atoms with E-state index in [2.05, 4.69) is 26.4 Å². The van der Waals surface area contributed by atoms with Crippen LogP contribution in [-0.4, -0.2) is 19.8 Å². The van der Waals surface area contributed by atoms with Crippen LogP contribution in [-0.2, 0) is 7.05 Å². The van der Waals surface area contributed by atoms with Crippen LogP contribution < -0.4 is 5.69 Å². The topological polar surface area (TPSA) is 52.7 Å². The van der Waals surface area contributed by atoms with E-state index in [4.69, 9.17) is 0 Å². The molecule has 0 saturated carbocycles. The fourth-order valence-corrected chi connectivity index (χ4v) is 1.64. The first-order valence-corrected chi connectivity index (χ1v) is 4.83. The Morgan fingerprint density at radius 3 is 2.67 bits per heavy atom. The van der Waals surface area contributed by atoms with Gasteiger partial charge < -0.3 is 0 Å². The van der Waals surface area contributed by atoms with Gasteiger partial charge in [-0.15, -0.1) is 0 Å². The lowest BCUT2D eigenvalue weighted by Gasteiger charge is -2.00. The van der Waals surface area contributed by atoms with Crippen molar-refractivity contribution >= 4 is 15.9 Å². The molecule has 78 valence electrons. The van der Waals surface area contributed by atoms with Crippen LogP contribution in [0.25, 0.3) is 5.69 Å². The third-order valence-corrected chi connectivity index (χ3v) is 2.49. The molecule has 5 nitrogen and oxygen atoms in total. The van der Waals surface area contributed by atoms with Crippen molar-refractivity contribution < 1.29 is 4.39 Å². The van der Waals surface area contributed by atoms with Gasteiger partial charge in [0.1, 0.15) is 5.82 Å². The third-order valence-electron chi connectivity index (χ3n) is 1.86. The van der Waals surface area contributed by atoms with Crippen molar-refractivity contribution in [3.63, 3.8) is 0 Å². The predicted octanol–water partition coefficient (Wildman–Crippen LogP) is 0.868. The number of tetrazole rings is 1. The number of halogens is 2. The summed E-state index contributed by atoms with van der Waals surface area (Å²) in [7, 11) is 1.49. The zero-order valence-corrected chi connectivity index (χ0v) is 9.27. The lowest BCUT2D eigenvalue weighted by Crippen LogP contribution is -2.22. The predicted molar refractivity (Wildman–Crippen MR) is 54.3 cm³/mol. The zero-order valence-electron chi connectivity index (χ0n) is 7.69. The summed E-state index contributed by atoms with van der Waals surface area (Å²) in [6.07, 6.45) is 0. The van der Waals surface area contributed by atoms with Gasteiger partial charge in [-0.05, 0) is 44.6 Å². The first kappa shape index (κ1) is 10.0. The van der Waals surface area contributed by atoms with Gasteiger partial charge in [0.2, 0.25) is 0 Å². The second kappa shape index (κ2) is 3.58. The quantitative estimate of drug-likeness (QED) is 0.774. The normalized spacial score (nSPS) is 10.6. The van der Waals surface area contributed by atoms with Crippen LogP contribution in [0.2, 0.25) is 0 Å². The smallest absolute Gasteiger partial charge is 0.244 e. The molecule has 0 radical (unpaired) electrons. The molecular formula is C8H6BrFN4O. The van der Waals surface area contributed by atoms with Crippen LogP contribution in [0.4, 0.5) is 4.39 Å². The number of hydrogen-bond donors (Lipinski definition) is 0. The standard InChI is InChI=1S/C8H6BrFN4O/c1-13-8(15)14(12-11-13)7-3-2-5(10)4-6(7)9/h2-4H,1H3. The summed E-state index contributed by atoms with van der Waals surface area (Å²) in [5.74, 6) is -0.387. The van der Waals surface area contributed by atoms with E-state index >= 15 is 0 Å². The minimum Gasteiger partial charge on any atom is -0.244 e. The zero-order chi connectivity index (χ0) is 11.0. The summed E-state index contributed by atoms with van der Waals surface area (Å²) >= 11 is 3.15. The number of aryl methyl sites for hydroxylation is 1. The first-order chi connectivity index (χ1) is 7.09. The highest BCUT2D eigenvalue weighted by Crippen LogP contribution is 2.19. The van der Waals surface area contributed by atoms with Crippen LogP contribution in [0.15, 0.2) is 27.5 Å². The molecule has 7 heteroatoms. The molecule has 0 N–H and O–H groups in total. The Morgan fingerprint density at radius 2 is 2.13 bits per heavy atom. The molecule has 1 heterocycles. The van der Waals surface area contributed by atoms with Crippen molar-refractivity contribution in [3.8, 4) is 5.69 Å². The van der Waals surface area contributed by atoms with Crippen LogP contribution in [0.1, 0.15) is 0 Å². The van der Waals surface area contributed by atoms with Gasteiger partial charge in [-0.2, -0.15) is 9.36 Å². The Hall–Kier alpha value is -1.50. The molecule has 2 rings (SSSR count).